The number of ether oxygens (including phenoxy) is 2. The Morgan fingerprint density at radius 3 is 2.64 bits per heavy atom. The molecule has 0 saturated heterocycles. The molecule has 1 N–H and O–H groups in total. The fourth-order valence-electron chi connectivity index (χ4n) is 4.42. The van der Waals surface area contributed by atoms with Gasteiger partial charge in [-0.15, -0.1) is 0 Å². The fraction of sp³-hybridized carbons (Fsp3) is 0.400. The largest absolute Gasteiger partial charge is 0.481 e. The maximum atomic E-state index is 11.8. The number of carbonyl (C=O) groups is 1. The van der Waals surface area contributed by atoms with Crippen LogP contribution in [0.5, 0.6) is 5.88 Å². The van der Waals surface area contributed by atoms with Gasteiger partial charge in [-0.1, -0.05) is 12.1 Å². The molecule has 0 aliphatic heterocycles. The molecule has 3 aliphatic rings. The van der Waals surface area contributed by atoms with E-state index in [0.717, 1.165) is 42.6 Å². The van der Waals surface area contributed by atoms with Gasteiger partial charge in [-0.25, -0.2) is 4.98 Å². The Balaban J connectivity index is 1.41. The lowest BCUT2D eigenvalue weighted by atomic mass is 9.35. The Kier molecular flexibility index (Phi) is 3.67. The number of nitrogens with zero attached hydrogens (tertiary/aromatic N) is 1. The molecule has 0 atom stereocenters. The minimum absolute atomic E-state index is 0.0389. The molecule has 0 radical (unpaired) electrons. The van der Waals surface area contributed by atoms with E-state index in [1.165, 1.54) is 7.11 Å². The number of hydrogen-bond acceptors (Lipinski definition) is 5. The van der Waals surface area contributed by atoms with Crippen molar-refractivity contribution < 1.29 is 14.3 Å². The SMILES string of the molecule is COC(=O)C12CC(CNc3cccc(-c4ccnc(OC)c4)c3)(C1)C2. The smallest absolute Gasteiger partial charge is 0.311 e. The Morgan fingerprint density at radius 1 is 1.16 bits per heavy atom. The number of methoxy groups -OCH3 is 2. The average Bonchev–Trinajstić information content (AvgIpc) is 2.59. The number of anilines is 1. The van der Waals surface area contributed by atoms with Crippen molar-refractivity contribution in [2.24, 2.45) is 10.8 Å². The van der Waals surface area contributed by atoms with Gasteiger partial charge in [0.2, 0.25) is 5.88 Å². The van der Waals surface area contributed by atoms with Crippen LogP contribution in [-0.4, -0.2) is 31.7 Å². The first-order valence-electron chi connectivity index (χ1n) is 8.51. The predicted molar refractivity (Wildman–Crippen MR) is 95.4 cm³/mol. The van der Waals surface area contributed by atoms with E-state index in [0.29, 0.717) is 5.88 Å². The number of rotatable bonds is 6. The molecule has 1 heterocycles. The van der Waals surface area contributed by atoms with Crippen molar-refractivity contribution >= 4 is 11.7 Å². The Bertz CT molecular complexity index is 798. The standard InChI is InChI=1S/C20H22N2O3/c1-24-17-9-15(6-7-21-17)14-4-3-5-16(8-14)22-13-19-10-20(11-19,12-19)18(23)25-2/h3-9,22H,10-13H2,1-2H3. The summed E-state index contributed by atoms with van der Waals surface area (Å²) in [6.07, 6.45) is 4.59. The highest BCUT2D eigenvalue weighted by atomic mass is 16.5. The van der Waals surface area contributed by atoms with Gasteiger partial charge >= 0.3 is 5.97 Å². The Morgan fingerprint density at radius 2 is 1.92 bits per heavy atom. The van der Waals surface area contributed by atoms with Crippen LogP contribution in [0.2, 0.25) is 0 Å². The Hall–Kier alpha value is -2.56. The molecule has 3 fully saturated rings. The third kappa shape index (κ3) is 2.64. The molecule has 3 aliphatic carbocycles. The molecule has 0 spiro atoms. The predicted octanol–water partition coefficient (Wildman–Crippen LogP) is 3.51. The summed E-state index contributed by atoms with van der Waals surface area (Å²) in [7, 11) is 3.10. The van der Waals surface area contributed by atoms with Crippen LogP contribution in [0.25, 0.3) is 11.1 Å². The molecule has 130 valence electrons. The van der Waals surface area contributed by atoms with E-state index in [2.05, 4.69) is 28.5 Å². The zero-order chi connectivity index (χ0) is 17.5. The molecule has 5 nitrogen and oxygen atoms in total. The van der Waals surface area contributed by atoms with Crippen LogP contribution in [0, 0.1) is 10.8 Å². The molecule has 0 unspecified atom stereocenters. The minimum atomic E-state index is -0.175. The fourth-order valence-corrected chi connectivity index (χ4v) is 4.42. The lowest BCUT2D eigenvalue weighted by molar-refractivity contribution is -0.220. The topological polar surface area (TPSA) is 60.5 Å². The summed E-state index contributed by atoms with van der Waals surface area (Å²) in [6.45, 7) is 0.898. The maximum absolute atomic E-state index is 11.8. The van der Waals surface area contributed by atoms with Gasteiger partial charge in [-0.05, 0) is 54.0 Å². The summed E-state index contributed by atoms with van der Waals surface area (Å²) in [5.74, 6) is 0.570. The van der Waals surface area contributed by atoms with E-state index < -0.39 is 0 Å². The van der Waals surface area contributed by atoms with Gasteiger partial charge in [0.1, 0.15) is 0 Å². The van der Waals surface area contributed by atoms with Crippen molar-refractivity contribution in [1.82, 2.24) is 4.98 Å². The molecule has 0 amide bonds. The number of esters is 1. The molecule has 5 heteroatoms. The van der Waals surface area contributed by atoms with Gasteiger partial charge in [-0.2, -0.15) is 0 Å². The molecule has 2 bridgehead atoms. The lowest BCUT2D eigenvalue weighted by Crippen LogP contribution is -2.67. The number of aromatic nitrogens is 1. The number of pyridine rings is 1. The van der Waals surface area contributed by atoms with Gasteiger partial charge in [0.15, 0.2) is 0 Å². The molecule has 1 aromatic carbocycles. The van der Waals surface area contributed by atoms with Crippen molar-refractivity contribution in [3.63, 3.8) is 0 Å². The van der Waals surface area contributed by atoms with Crippen LogP contribution in [-0.2, 0) is 9.53 Å². The number of benzene rings is 1. The number of carbonyl (C=O) groups excluding carboxylic acids is 1. The van der Waals surface area contributed by atoms with E-state index in [4.69, 9.17) is 9.47 Å². The zero-order valence-electron chi connectivity index (χ0n) is 14.5. The van der Waals surface area contributed by atoms with Crippen LogP contribution >= 0.6 is 0 Å². The summed E-state index contributed by atoms with van der Waals surface area (Å²) in [4.78, 5) is 15.9. The first-order valence-corrected chi connectivity index (χ1v) is 8.51. The van der Waals surface area contributed by atoms with Crippen LogP contribution in [0.15, 0.2) is 42.6 Å². The van der Waals surface area contributed by atoms with E-state index in [1.807, 2.05) is 18.2 Å². The van der Waals surface area contributed by atoms with Crippen molar-refractivity contribution in [3.8, 4) is 17.0 Å². The van der Waals surface area contributed by atoms with Gasteiger partial charge in [-0.3, -0.25) is 4.79 Å². The van der Waals surface area contributed by atoms with Crippen LogP contribution in [0.3, 0.4) is 0 Å². The molecule has 5 rings (SSSR count). The first-order chi connectivity index (χ1) is 12.1. The van der Waals surface area contributed by atoms with E-state index in [-0.39, 0.29) is 16.8 Å². The normalized spacial score (nSPS) is 26.2. The highest BCUT2D eigenvalue weighted by Gasteiger charge is 2.71. The maximum Gasteiger partial charge on any atom is 0.311 e. The Labute approximate surface area is 147 Å². The molecular weight excluding hydrogens is 316 g/mol. The third-order valence-corrected chi connectivity index (χ3v) is 5.57. The van der Waals surface area contributed by atoms with Crippen molar-refractivity contribution in [2.45, 2.75) is 19.3 Å². The summed E-state index contributed by atoms with van der Waals surface area (Å²) < 4.78 is 10.1. The quantitative estimate of drug-likeness (QED) is 0.817. The van der Waals surface area contributed by atoms with Gasteiger partial charge in [0.05, 0.1) is 19.6 Å². The minimum Gasteiger partial charge on any atom is -0.481 e. The van der Waals surface area contributed by atoms with Crippen LogP contribution in [0.4, 0.5) is 5.69 Å². The summed E-state index contributed by atoms with van der Waals surface area (Å²) >= 11 is 0. The monoisotopic (exact) mass is 338 g/mol. The number of nitrogens with one attached hydrogen (secondary N) is 1. The van der Waals surface area contributed by atoms with E-state index >= 15 is 0 Å². The highest BCUT2D eigenvalue weighted by molar-refractivity contribution is 5.81. The zero-order valence-corrected chi connectivity index (χ0v) is 14.5. The second-order valence-electron chi connectivity index (χ2n) is 7.32. The third-order valence-electron chi connectivity index (χ3n) is 5.57. The van der Waals surface area contributed by atoms with E-state index in [9.17, 15) is 4.79 Å². The lowest BCUT2D eigenvalue weighted by Gasteiger charge is -2.68. The van der Waals surface area contributed by atoms with Crippen molar-refractivity contribution in [3.05, 3.63) is 42.6 Å². The van der Waals surface area contributed by atoms with Crippen molar-refractivity contribution in [1.29, 1.82) is 0 Å². The van der Waals surface area contributed by atoms with Crippen LogP contribution < -0.4 is 10.1 Å². The summed E-state index contributed by atoms with van der Waals surface area (Å²) in [5.41, 5.74) is 3.38. The summed E-state index contributed by atoms with van der Waals surface area (Å²) in [6, 6.07) is 12.2. The van der Waals surface area contributed by atoms with E-state index in [1.54, 1.807) is 13.3 Å². The second-order valence-corrected chi connectivity index (χ2v) is 7.32. The van der Waals surface area contributed by atoms with Crippen molar-refractivity contribution in [2.75, 3.05) is 26.1 Å². The summed E-state index contributed by atoms with van der Waals surface area (Å²) in [5, 5.41) is 3.54. The average molecular weight is 338 g/mol. The second kappa shape index (κ2) is 5.76. The number of hydrogen-bond donors (Lipinski definition) is 1. The molecular formula is C20H22N2O3. The molecule has 1 aromatic heterocycles. The molecule has 2 aromatic rings. The van der Waals surface area contributed by atoms with Gasteiger partial charge in [0.25, 0.3) is 0 Å². The van der Waals surface area contributed by atoms with Gasteiger partial charge < -0.3 is 14.8 Å². The van der Waals surface area contributed by atoms with Gasteiger partial charge in [0, 0.05) is 24.5 Å². The molecule has 3 saturated carbocycles. The van der Waals surface area contributed by atoms with Crippen LogP contribution in [0.1, 0.15) is 19.3 Å². The first kappa shape index (κ1) is 15.9. The molecule has 25 heavy (non-hydrogen) atoms. The highest BCUT2D eigenvalue weighted by Crippen LogP contribution is 2.73.